The van der Waals surface area contributed by atoms with Gasteiger partial charge >= 0.3 is 0 Å². The summed E-state index contributed by atoms with van der Waals surface area (Å²) in [6.07, 6.45) is 5.34. The van der Waals surface area contributed by atoms with Crippen molar-refractivity contribution in [3.05, 3.63) is 52.2 Å². The summed E-state index contributed by atoms with van der Waals surface area (Å²) in [4.78, 5) is 29.1. The number of nitrogens with zero attached hydrogens (tertiary/aromatic N) is 4. The Labute approximate surface area is 212 Å². The van der Waals surface area contributed by atoms with E-state index in [0.717, 1.165) is 18.1 Å². The van der Waals surface area contributed by atoms with Crippen LogP contribution in [0.1, 0.15) is 36.0 Å². The number of ketones is 1. The molecule has 35 heavy (non-hydrogen) atoms. The third-order valence-electron chi connectivity index (χ3n) is 6.33. The van der Waals surface area contributed by atoms with E-state index >= 15 is 0 Å². The molecule has 182 valence electrons. The Balaban J connectivity index is 1.30. The highest BCUT2D eigenvalue weighted by atomic mass is 35.5. The first-order valence-corrected chi connectivity index (χ1v) is 12.8. The minimum absolute atomic E-state index is 0.0239. The summed E-state index contributed by atoms with van der Waals surface area (Å²) in [6, 6.07) is 6.44. The number of benzene rings is 1. The summed E-state index contributed by atoms with van der Waals surface area (Å²) >= 11 is 7.34. The van der Waals surface area contributed by atoms with Crippen molar-refractivity contribution in [2.45, 2.75) is 31.7 Å². The number of anilines is 1. The molecule has 4 heterocycles. The quantitative estimate of drug-likeness (QED) is 0.420. The molecule has 0 amide bonds. The number of halogens is 2. The number of ether oxygens (including phenoxy) is 1. The van der Waals surface area contributed by atoms with Crippen molar-refractivity contribution in [3.8, 4) is 17.1 Å². The summed E-state index contributed by atoms with van der Waals surface area (Å²) < 4.78 is 19.1. The van der Waals surface area contributed by atoms with Gasteiger partial charge in [-0.1, -0.05) is 11.6 Å². The number of aliphatic imine (C=N–C) groups is 1. The molecule has 7 nitrogen and oxygen atoms in total. The number of hydrogen-bond acceptors (Lipinski definition) is 8. The van der Waals surface area contributed by atoms with E-state index in [9.17, 15) is 9.18 Å². The predicted octanol–water partition coefficient (Wildman–Crippen LogP) is 5.63. The van der Waals surface area contributed by atoms with Gasteiger partial charge < -0.3 is 15.0 Å². The van der Waals surface area contributed by atoms with Gasteiger partial charge in [0.05, 0.1) is 17.2 Å². The first kappa shape index (κ1) is 23.8. The smallest absolute Gasteiger partial charge is 0.183 e. The van der Waals surface area contributed by atoms with E-state index in [4.69, 9.17) is 26.3 Å². The predicted molar refractivity (Wildman–Crippen MR) is 137 cm³/mol. The fourth-order valence-corrected chi connectivity index (χ4v) is 5.32. The molecule has 2 aliphatic heterocycles. The maximum atomic E-state index is 13.4. The molecule has 1 atom stereocenters. The number of nitrogens with one attached hydrogen (secondary N) is 1. The van der Waals surface area contributed by atoms with Gasteiger partial charge in [0, 0.05) is 35.8 Å². The van der Waals surface area contributed by atoms with Crippen LogP contribution in [0.4, 0.5) is 15.2 Å². The SMILES string of the molecule is CN1CCCC1CCNc1nc(-c2nccc3c2N=C(COc2ccc(F)c(Cl)c2)CC3=O)cs1. The number of carbonyl (C=O) groups is 1. The van der Waals surface area contributed by atoms with Crippen LogP contribution < -0.4 is 10.1 Å². The Morgan fingerprint density at radius 1 is 1.34 bits per heavy atom. The van der Waals surface area contributed by atoms with Crippen LogP contribution in [0.25, 0.3) is 11.4 Å². The highest BCUT2D eigenvalue weighted by Crippen LogP contribution is 2.36. The Hall–Kier alpha value is -2.88. The standard InChI is InChI=1S/C25H25ClFN5O2S/c1-32-10-2-3-16(32)6-8-29-25-31-21(14-35-25)24-23-18(7-9-28-24)22(33)11-15(30-23)13-34-17-4-5-20(27)19(26)12-17/h4-5,7,9,12,14,16H,2-3,6,8,10-11,13H2,1H3,(H,29,31). The van der Waals surface area contributed by atoms with Crippen molar-refractivity contribution in [2.24, 2.45) is 4.99 Å². The van der Waals surface area contributed by atoms with E-state index in [0.29, 0.717) is 40.1 Å². The van der Waals surface area contributed by atoms with Gasteiger partial charge in [0.2, 0.25) is 0 Å². The molecule has 2 aliphatic rings. The van der Waals surface area contributed by atoms with Gasteiger partial charge in [-0.15, -0.1) is 11.3 Å². The van der Waals surface area contributed by atoms with E-state index in [1.807, 2.05) is 5.38 Å². The van der Waals surface area contributed by atoms with Crippen molar-refractivity contribution >= 4 is 45.3 Å². The first-order chi connectivity index (χ1) is 17.0. The normalized spacial score (nSPS) is 17.9. The maximum Gasteiger partial charge on any atom is 0.183 e. The number of aromatic nitrogens is 2. The minimum atomic E-state index is -0.517. The van der Waals surface area contributed by atoms with Crippen LogP contribution in [-0.4, -0.2) is 59.1 Å². The summed E-state index contributed by atoms with van der Waals surface area (Å²) in [5.41, 5.74) is 2.83. The molecule has 0 spiro atoms. The van der Waals surface area contributed by atoms with Crippen molar-refractivity contribution in [1.82, 2.24) is 14.9 Å². The van der Waals surface area contributed by atoms with E-state index < -0.39 is 5.82 Å². The average Bonchev–Trinajstić information content (AvgIpc) is 3.49. The molecule has 1 aromatic carbocycles. The van der Waals surface area contributed by atoms with Gasteiger partial charge in [-0.2, -0.15) is 0 Å². The Morgan fingerprint density at radius 2 is 2.23 bits per heavy atom. The van der Waals surface area contributed by atoms with E-state index in [1.54, 1.807) is 12.3 Å². The Morgan fingerprint density at radius 3 is 3.03 bits per heavy atom. The third-order valence-corrected chi connectivity index (χ3v) is 7.42. The molecule has 0 radical (unpaired) electrons. The second kappa shape index (κ2) is 10.4. The molecule has 1 saturated heterocycles. The molecule has 2 aromatic heterocycles. The molecule has 3 aromatic rings. The number of rotatable bonds is 8. The summed E-state index contributed by atoms with van der Waals surface area (Å²) in [5, 5.41) is 6.15. The average molecular weight is 514 g/mol. The van der Waals surface area contributed by atoms with Crippen LogP contribution in [0.2, 0.25) is 5.02 Å². The molecule has 0 saturated carbocycles. The van der Waals surface area contributed by atoms with Crippen LogP contribution in [0.5, 0.6) is 5.75 Å². The fraction of sp³-hybridized carbons (Fsp3) is 0.360. The van der Waals surface area contributed by atoms with Gasteiger partial charge in [-0.05, 0) is 51.1 Å². The topological polar surface area (TPSA) is 79.7 Å². The number of Topliss-reactive ketones (excluding diaryl/α,β-unsaturated/α-hetero) is 1. The monoisotopic (exact) mass is 513 g/mol. The van der Waals surface area contributed by atoms with Crippen LogP contribution in [-0.2, 0) is 0 Å². The highest BCUT2D eigenvalue weighted by molar-refractivity contribution is 7.14. The second-order valence-electron chi connectivity index (χ2n) is 8.73. The van der Waals surface area contributed by atoms with Crippen molar-refractivity contribution < 1.29 is 13.9 Å². The number of fused-ring (bicyclic) bond motifs is 1. The molecule has 0 bridgehead atoms. The number of thiazole rings is 1. The second-order valence-corrected chi connectivity index (χ2v) is 9.99. The summed E-state index contributed by atoms with van der Waals surface area (Å²) in [5.74, 6) is -0.164. The number of likely N-dealkylation sites (tertiary alicyclic amines) is 1. The summed E-state index contributed by atoms with van der Waals surface area (Å²) in [7, 11) is 2.18. The van der Waals surface area contributed by atoms with Gasteiger partial charge in [0.25, 0.3) is 0 Å². The lowest BCUT2D eigenvalue weighted by atomic mass is 9.99. The van der Waals surface area contributed by atoms with Crippen LogP contribution in [0.15, 0.2) is 40.8 Å². The third kappa shape index (κ3) is 5.37. The zero-order chi connectivity index (χ0) is 24.4. The van der Waals surface area contributed by atoms with Gasteiger partial charge in [-0.3, -0.25) is 14.8 Å². The Kier molecular flexibility index (Phi) is 7.08. The van der Waals surface area contributed by atoms with Crippen molar-refractivity contribution in [3.63, 3.8) is 0 Å². The van der Waals surface area contributed by atoms with Gasteiger partial charge in [0.15, 0.2) is 10.9 Å². The maximum absolute atomic E-state index is 13.4. The molecule has 0 aliphatic carbocycles. The number of pyridine rings is 1. The van der Waals surface area contributed by atoms with Crippen LogP contribution in [0.3, 0.4) is 0 Å². The van der Waals surface area contributed by atoms with E-state index in [-0.39, 0.29) is 23.8 Å². The first-order valence-electron chi connectivity index (χ1n) is 11.5. The van der Waals surface area contributed by atoms with Gasteiger partial charge in [0.1, 0.15) is 35.2 Å². The fourth-order valence-electron chi connectivity index (χ4n) is 4.43. The minimum Gasteiger partial charge on any atom is -0.488 e. The number of hydrogen-bond donors (Lipinski definition) is 1. The zero-order valence-corrected chi connectivity index (χ0v) is 20.8. The zero-order valence-electron chi connectivity index (χ0n) is 19.3. The van der Waals surface area contributed by atoms with Crippen molar-refractivity contribution in [2.75, 3.05) is 32.1 Å². The Bertz CT molecular complexity index is 1280. The molecular weight excluding hydrogens is 489 g/mol. The van der Waals surface area contributed by atoms with Crippen LogP contribution >= 0.6 is 22.9 Å². The molecule has 1 N–H and O–H groups in total. The van der Waals surface area contributed by atoms with Gasteiger partial charge in [-0.25, -0.2) is 9.37 Å². The summed E-state index contributed by atoms with van der Waals surface area (Å²) in [6.45, 7) is 2.11. The highest BCUT2D eigenvalue weighted by Gasteiger charge is 2.25. The number of carbonyl (C=O) groups excluding carboxylic acids is 1. The largest absolute Gasteiger partial charge is 0.488 e. The molecule has 5 rings (SSSR count). The molecule has 1 fully saturated rings. The van der Waals surface area contributed by atoms with E-state index in [2.05, 4.69) is 22.2 Å². The lowest BCUT2D eigenvalue weighted by molar-refractivity contribution is 0.0998. The van der Waals surface area contributed by atoms with Crippen LogP contribution in [0, 0.1) is 5.82 Å². The molecular formula is C25H25ClFN5O2S. The lowest BCUT2D eigenvalue weighted by Gasteiger charge is -2.19. The van der Waals surface area contributed by atoms with E-state index in [1.165, 1.54) is 48.9 Å². The molecule has 1 unspecified atom stereocenters. The van der Waals surface area contributed by atoms with Crippen molar-refractivity contribution in [1.29, 1.82) is 0 Å². The lowest BCUT2D eigenvalue weighted by Crippen LogP contribution is -2.26. The molecule has 10 heteroatoms.